The summed E-state index contributed by atoms with van der Waals surface area (Å²) in [4.78, 5) is 21.0. The molecule has 0 radical (unpaired) electrons. The van der Waals surface area contributed by atoms with Crippen LogP contribution >= 0.6 is 0 Å². The van der Waals surface area contributed by atoms with Crippen molar-refractivity contribution in [1.29, 1.82) is 0 Å². The smallest absolute Gasteiger partial charge is 0.254 e. The highest BCUT2D eigenvalue weighted by Crippen LogP contribution is 2.17. The minimum atomic E-state index is 0.0361. The maximum Gasteiger partial charge on any atom is 0.254 e. The minimum Gasteiger partial charge on any atom is -0.497 e. The van der Waals surface area contributed by atoms with Crippen molar-refractivity contribution in [3.63, 3.8) is 0 Å². The number of likely N-dealkylation sites (N-methyl/N-ethyl adjacent to an activating group) is 1. The zero-order chi connectivity index (χ0) is 18.4. The van der Waals surface area contributed by atoms with Gasteiger partial charge in [-0.3, -0.25) is 4.79 Å². The van der Waals surface area contributed by atoms with Gasteiger partial charge in [-0.05, 0) is 50.1 Å². The molecule has 1 amide bonds. The lowest BCUT2D eigenvalue weighted by atomic mass is 10.0. The fraction of sp³-hybridized carbons (Fsp3) is 0.400. The zero-order valence-corrected chi connectivity index (χ0v) is 15.7. The molecule has 1 heterocycles. The predicted molar refractivity (Wildman–Crippen MR) is 101 cm³/mol. The molecule has 0 bridgehead atoms. The van der Waals surface area contributed by atoms with Gasteiger partial charge in [0.1, 0.15) is 11.6 Å². The van der Waals surface area contributed by atoms with Gasteiger partial charge in [-0.1, -0.05) is 12.1 Å². The van der Waals surface area contributed by atoms with E-state index in [4.69, 9.17) is 4.74 Å². The molecule has 0 N–H and O–H groups in total. The topological polar surface area (TPSA) is 45.7 Å². The van der Waals surface area contributed by atoms with Crippen molar-refractivity contribution in [1.82, 2.24) is 9.88 Å². The Kier molecular flexibility index (Phi) is 6.39. The number of aromatic nitrogens is 1. The highest BCUT2D eigenvalue weighted by atomic mass is 16.5. The summed E-state index contributed by atoms with van der Waals surface area (Å²) in [7, 11) is 5.49. The fourth-order valence-corrected chi connectivity index (χ4v) is 2.83. The van der Waals surface area contributed by atoms with Crippen molar-refractivity contribution in [3.8, 4) is 5.75 Å². The molecule has 0 aliphatic rings. The van der Waals surface area contributed by atoms with Crippen LogP contribution in [0.2, 0.25) is 0 Å². The van der Waals surface area contributed by atoms with E-state index < -0.39 is 0 Å². The van der Waals surface area contributed by atoms with Crippen molar-refractivity contribution in [2.75, 3.05) is 32.6 Å². The van der Waals surface area contributed by atoms with Crippen LogP contribution in [0.1, 0.15) is 29.8 Å². The summed E-state index contributed by atoms with van der Waals surface area (Å²) in [6.45, 7) is 4.76. The Morgan fingerprint density at radius 1 is 1.20 bits per heavy atom. The molecule has 0 saturated heterocycles. The largest absolute Gasteiger partial charge is 0.497 e. The zero-order valence-electron chi connectivity index (χ0n) is 15.7. The first-order chi connectivity index (χ1) is 12.0. The van der Waals surface area contributed by atoms with E-state index in [0.29, 0.717) is 12.1 Å². The van der Waals surface area contributed by atoms with Crippen LogP contribution in [0.4, 0.5) is 5.82 Å². The molecular weight excluding hydrogens is 314 g/mol. The number of benzene rings is 1. The first-order valence-corrected chi connectivity index (χ1v) is 8.53. The van der Waals surface area contributed by atoms with Gasteiger partial charge in [-0.15, -0.1) is 0 Å². The summed E-state index contributed by atoms with van der Waals surface area (Å²) in [5.41, 5.74) is 1.85. The third kappa shape index (κ3) is 4.72. The first kappa shape index (κ1) is 18.8. The van der Waals surface area contributed by atoms with Gasteiger partial charge < -0.3 is 14.5 Å². The molecule has 0 saturated carbocycles. The number of ether oxygens (including phenoxy) is 1. The highest BCUT2D eigenvalue weighted by Gasteiger charge is 2.21. The highest BCUT2D eigenvalue weighted by molar-refractivity contribution is 5.95. The molecule has 5 heteroatoms. The van der Waals surface area contributed by atoms with Crippen molar-refractivity contribution in [2.45, 2.75) is 26.3 Å². The summed E-state index contributed by atoms with van der Waals surface area (Å²) in [6, 6.07) is 11.7. The molecule has 2 rings (SSSR count). The number of amides is 1. The number of hydrogen-bond acceptors (Lipinski definition) is 4. The molecule has 134 valence electrons. The minimum absolute atomic E-state index is 0.0361. The second kappa shape index (κ2) is 8.51. The number of carbonyl (C=O) groups excluding carboxylic acids is 1. The summed E-state index contributed by atoms with van der Waals surface area (Å²) >= 11 is 0. The number of methoxy groups -OCH3 is 1. The quantitative estimate of drug-likeness (QED) is 0.775. The number of pyridine rings is 1. The summed E-state index contributed by atoms with van der Waals surface area (Å²) in [5, 5.41) is 0. The van der Waals surface area contributed by atoms with Crippen LogP contribution in [0, 0.1) is 0 Å². The van der Waals surface area contributed by atoms with Crippen molar-refractivity contribution >= 4 is 11.7 Å². The van der Waals surface area contributed by atoms with Gasteiger partial charge in [-0.2, -0.15) is 0 Å². The molecule has 5 nitrogen and oxygen atoms in total. The van der Waals surface area contributed by atoms with Crippen LogP contribution in [-0.4, -0.2) is 49.6 Å². The van der Waals surface area contributed by atoms with Gasteiger partial charge in [0.25, 0.3) is 5.91 Å². The molecule has 25 heavy (non-hydrogen) atoms. The number of nitrogens with zero attached hydrogens (tertiary/aromatic N) is 3. The lowest BCUT2D eigenvalue weighted by Crippen LogP contribution is -2.39. The molecular formula is C20H27N3O2. The maximum absolute atomic E-state index is 12.9. The predicted octanol–water partition coefficient (Wildman–Crippen LogP) is 3.25. The Bertz CT molecular complexity index is 698. The van der Waals surface area contributed by atoms with Gasteiger partial charge in [0, 0.05) is 38.4 Å². The summed E-state index contributed by atoms with van der Waals surface area (Å²) < 4.78 is 5.19. The molecule has 0 fully saturated rings. The number of anilines is 1. The average molecular weight is 341 g/mol. The van der Waals surface area contributed by atoms with Crippen LogP contribution in [0.25, 0.3) is 0 Å². The van der Waals surface area contributed by atoms with E-state index in [2.05, 4.69) is 11.9 Å². The molecule has 0 aliphatic heterocycles. The average Bonchev–Trinajstić information content (AvgIpc) is 2.63. The standard InChI is InChI=1S/C20H27N3O2/c1-6-23(15(2)13-16-7-9-18(25-5)10-8-16)20(24)17-11-12-21-19(14-17)22(3)4/h7-12,14-15H,6,13H2,1-5H3/t15-/m0/s1. The second-order valence-corrected chi connectivity index (χ2v) is 6.29. The van der Waals surface area contributed by atoms with Gasteiger partial charge in [0.05, 0.1) is 7.11 Å². The fourth-order valence-electron chi connectivity index (χ4n) is 2.83. The molecule has 1 aromatic carbocycles. The Labute approximate surface area is 150 Å². The molecule has 1 atom stereocenters. The second-order valence-electron chi connectivity index (χ2n) is 6.29. The van der Waals surface area contributed by atoms with Crippen LogP contribution in [0.15, 0.2) is 42.6 Å². The monoisotopic (exact) mass is 341 g/mol. The van der Waals surface area contributed by atoms with E-state index in [1.807, 2.05) is 61.2 Å². The lowest BCUT2D eigenvalue weighted by Gasteiger charge is -2.28. The SMILES string of the molecule is CCN(C(=O)c1ccnc(N(C)C)c1)[C@@H](C)Cc1ccc(OC)cc1. The molecule has 2 aromatic rings. The third-order valence-corrected chi connectivity index (χ3v) is 4.27. The summed E-state index contributed by atoms with van der Waals surface area (Å²) in [5.74, 6) is 1.66. The van der Waals surface area contributed by atoms with Crippen molar-refractivity contribution in [3.05, 3.63) is 53.7 Å². The van der Waals surface area contributed by atoms with Crippen LogP contribution in [0.3, 0.4) is 0 Å². The third-order valence-electron chi connectivity index (χ3n) is 4.27. The molecule has 0 spiro atoms. The van der Waals surface area contributed by atoms with Crippen molar-refractivity contribution < 1.29 is 9.53 Å². The van der Waals surface area contributed by atoms with E-state index in [9.17, 15) is 4.79 Å². The van der Waals surface area contributed by atoms with Gasteiger partial charge >= 0.3 is 0 Å². The molecule has 0 aliphatic carbocycles. The Hall–Kier alpha value is -2.56. The van der Waals surface area contributed by atoms with Crippen LogP contribution < -0.4 is 9.64 Å². The van der Waals surface area contributed by atoms with Gasteiger partial charge in [0.15, 0.2) is 0 Å². The Morgan fingerprint density at radius 2 is 1.88 bits per heavy atom. The number of carbonyl (C=O) groups is 1. The number of rotatable bonds is 7. The number of hydrogen-bond donors (Lipinski definition) is 0. The normalized spacial score (nSPS) is 11.7. The molecule has 0 unspecified atom stereocenters. The summed E-state index contributed by atoms with van der Waals surface area (Å²) in [6.07, 6.45) is 2.49. The maximum atomic E-state index is 12.9. The van der Waals surface area contributed by atoms with Crippen molar-refractivity contribution in [2.24, 2.45) is 0 Å². The van der Waals surface area contributed by atoms with E-state index in [1.165, 1.54) is 5.56 Å². The van der Waals surface area contributed by atoms with E-state index in [0.717, 1.165) is 18.0 Å². The van der Waals surface area contributed by atoms with Gasteiger partial charge in [-0.25, -0.2) is 4.98 Å². The Morgan fingerprint density at radius 3 is 2.44 bits per heavy atom. The van der Waals surface area contributed by atoms with E-state index in [-0.39, 0.29) is 11.9 Å². The van der Waals surface area contributed by atoms with E-state index >= 15 is 0 Å². The first-order valence-electron chi connectivity index (χ1n) is 8.53. The van der Waals surface area contributed by atoms with E-state index in [1.54, 1.807) is 19.4 Å². The van der Waals surface area contributed by atoms with Gasteiger partial charge in [0.2, 0.25) is 0 Å². The Balaban J connectivity index is 2.13. The van der Waals surface area contributed by atoms with Crippen LogP contribution in [0.5, 0.6) is 5.75 Å². The lowest BCUT2D eigenvalue weighted by molar-refractivity contribution is 0.0703. The van der Waals surface area contributed by atoms with Crippen LogP contribution in [-0.2, 0) is 6.42 Å². The molecule has 1 aromatic heterocycles.